The largest absolute Gasteiger partial charge is 0.303 e. The van der Waals surface area contributed by atoms with Gasteiger partial charge in [-0.3, -0.25) is 4.40 Å². The Kier molecular flexibility index (Phi) is 5.85. The average Bonchev–Trinajstić information content (AvgIpc) is 3.04. The van der Waals surface area contributed by atoms with Gasteiger partial charge in [-0.05, 0) is 49.7 Å². The molecule has 0 aliphatic carbocycles. The monoisotopic (exact) mass is 366 g/mol. The second-order valence-electron chi connectivity index (χ2n) is 6.38. The topological polar surface area (TPSA) is 44.3 Å². The molecule has 0 spiro atoms. The van der Waals surface area contributed by atoms with Crippen molar-refractivity contribution in [1.82, 2.24) is 14.3 Å². The molecule has 0 atom stereocenters. The number of para-hydroxylation sites is 2. The molecular formula is C21H26N4S. The number of aromatic nitrogens is 2. The van der Waals surface area contributed by atoms with Crippen molar-refractivity contribution < 1.29 is 0 Å². The van der Waals surface area contributed by atoms with Gasteiger partial charge in [-0.2, -0.15) is 5.26 Å². The van der Waals surface area contributed by atoms with E-state index in [9.17, 15) is 5.26 Å². The molecule has 3 aromatic rings. The van der Waals surface area contributed by atoms with Gasteiger partial charge in [0.2, 0.25) is 0 Å². The second-order valence-corrected chi connectivity index (χ2v) is 7.47. The van der Waals surface area contributed by atoms with Crippen LogP contribution in [0.2, 0.25) is 0 Å². The highest BCUT2D eigenvalue weighted by Crippen LogP contribution is 2.33. The zero-order valence-electron chi connectivity index (χ0n) is 16.0. The van der Waals surface area contributed by atoms with Crippen molar-refractivity contribution in [2.45, 2.75) is 39.1 Å². The molecule has 0 bridgehead atoms. The number of thioether (sulfide) groups is 1. The van der Waals surface area contributed by atoms with E-state index in [-0.39, 0.29) is 0 Å². The van der Waals surface area contributed by atoms with E-state index in [1.807, 2.05) is 30.0 Å². The highest BCUT2D eigenvalue weighted by Gasteiger charge is 2.20. The van der Waals surface area contributed by atoms with Gasteiger partial charge >= 0.3 is 0 Å². The minimum Gasteiger partial charge on any atom is -0.303 e. The van der Waals surface area contributed by atoms with Crippen molar-refractivity contribution in [2.24, 2.45) is 0 Å². The summed E-state index contributed by atoms with van der Waals surface area (Å²) in [6.45, 7) is 11.9. The maximum Gasteiger partial charge on any atom is 0.157 e. The minimum atomic E-state index is 0.700. The van der Waals surface area contributed by atoms with Gasteiger partial charge in [0.15, 0.2) is 5.65 Å². The normalized spacial score (nSPS) is 11.5. The lowest BCUT2D eigenvalue weighted by atomic mass is 10.0. The first kappa shape index (κ1) is 18.8. The number of hydrogen-bond acceptors (Lipinski definition) is 4. The van der Waals surface area contributed by atoms with Crippen molar-refractivity contribution in [2.75, 3.05) is 25.4 Å². The fourth-order valence-corrected chi connectivity index (χ4v) is 4.85. The standard InChI is InChI=1S/C21H26N4S/c1-5-16-15(4)17(14-22)20-23-18-10-8-9-11-19(18)25(20)21(16)26-13-12-24(6-2)7-3/h8-11H,5-7,12-13H2,1-4H3. The molecule has 2 heterocycles. The molecule has 0 fully saturated rings. The number of benzene rings is 1. The molecule has 26 heavy (non-hydrogen) atoms. The molecule has 0 aliphatic rings. The number of imidazole rings is 1. The van der Waals surface area contributed by atoms with Gasteiger partial charge in [-0.25, -0.2) is 4.98 Å². The predicted octanol–water partition coefficient (Wildman–Crippen LogP) is 4.66. The van der Waals surface area contributed by atoms with Gasteiger partial charge in [0.25, 0.3) is 0 Å². The number of fused-ring (bicyclic) bond motifs is 3. The Balaban J connectivity index is 2.18. The first-order chi connectivity index (χ1) is 12.7. The highest BCUT2D eigenvalue weighted by molar-refractivity contribution is 7.99. The van der Waals surface area contributed by atoms with Crippen LogP contribution in [0.5, 0.6) is 0 Å². The highest BCUT2D eigenvalue weighted by atomic mass is 32.2. The summed E-state index contributed by atoms with van der Waals surface area (Å²) in [5.41, 5.74) is 5.85. The van der Waals surface area contributed by atoms with Crippen LogP contribution in [0.15, 0.2) is 29.3 Å². The molecule has 0 saturated carbocycles. The summed E-state index contributed by atoms with van der Waals surface area (Å²) >= 11 is 1.88. The van der Waals surface area contributed by atoms with E-state index in [0.29, 0.717) is 5.56 Å². The Morgan fingerprint density at radius 3 is 2.58 bits per heavy atom. The minimum absolute atomic E-state index is 0.700. The molecule has 136 valence electrons. The molecule has 0 unspecified atom stereocenters. The van der Waals surface area contributed by atoms with E-state index in [1.165, 1.54) is 10.6 Å². The zero-order valence-corrected chi connectivity index (χ0v) is 16.9. The van der Waals surface area contributed by atoms with Crippen LogP contribution in [0.4, 0.5) is 0 Å². The van der Waals surface area contributed by atoms with E-state index in [2.05, 4.69) is 49.1 Å². The van der Waals surface area contributed by atoms with Crippen LogP contribution in [0.1, 0.15) is 37.5 Å². The molecule has 2 aromatic heterocycles. The van der Waals surface area contributed by atoms with Crippen molar-refractivity contribution in [3.63, 3.8) is 0 Å². The molecule has 5 heteroatoms. The molecule has 0 radical (unpaired) electrons. The van der Waals surface area contributed by atoms with E-state index in [4.69, 9.17) is 4.98 Å². The Labute approximate surface area is 159 Å². The van der Waals surface area contributed by atoms with E-state index >= 15 is 0 Å². The number of rotatable bonds is 7. The summed E-state index contributed by atoms with van der Waals surface area (Å²) in [4.78, 5) is 7.22. The van der Waals surface area contributed by atoms with Crippen LogP contribution in [-0.2, 0) is 6.42 Å². The lowest BCUT2D eigenvalue weighted by Crippen LogP contribution is -2.25. The fraction of sp³-hybridized carbons (Fsp3) is 0.429. The lowest BCUT2D eigenvalue weighted by Gasteiger charge is -2.19. The zero-order chi connectivity index (χ0) is 18.7. The van der Waals surface area contributed by atoms with Gasteiger partial charge in [-0.1, -0.05) is 32.9 Å². The molecular weight excluding hydrogens is 340 g/mol. The van der Waals surface area contributed by atoms with E-state index in [0.717, 1.165) is 54.1 Å². The SMILES string of the molecule is CCc1c(C)c(C#N)c2nc3ccccc3n2c1SCCN(CC)CC. The van der Waals surface area contributed by atoms with Gasteiger partial charge in [0.1, 0.15) is 6.07 Å². The van der Waals surface area contributed by atoms with Crippen LogP contribution in [-0.4, -0.2) is 39.7 Å². The molecule has 0 N–H and O–H groups in total. The summed E-state index contributed by atoms with van der Waals surface area (Å²) in [7, 11) is 0. The van der Waals surface area contributed by atoms with E-state index in [1.54, 1.807) is 0 Å². The summed E-state index contributed by atoms with van der Waals surface area (Å²) in [5.74, 6) is 1.03. The molecule has 4 nitrogen and oxygen atoms in total. The van der Waals surface area contributed by atoms with Crippen LogP contribution in [0.3, 0.4) is 0 Å². The van der Waals surface area contributed by atoms with Gasteiger partial charge in [-0.15, -0.1) is 11.8 Å². The summed E-state index contributed by atoms with van der Waals surface area (Å²) < 4.78 is 2.20. The third-order valence-corrected chi connectivity index (χ3v) is 6.17. The lowest BCUT2D eigenvalue weighted by molar-refractivity contribution is 0.324. The molecule has 3 rings (SSSR count). The van der Waals surface area contributed by atoms with Gasteiger partial charge in [0.05, 0.1) is 21.6 Å². The van der Waals surface area contributed by atoms with Crippen molar-refractivity contribution >= 4 is 28.4 Å². The van der Waals surface area contributed by atoms with Crippen molar-refractivity contribution in [3.05, 3.63) is 41.0 Å². The maximum atomic E-state index is 9.75. The quantitative estimate of drug-likeness (QED) is 0.570. The fourth-order valence-electron chi connectivity index (χ4n) is 3.53. The Bertz CT molecular complexity index is 964. The average molecular weight is 367 g/mol. The molecule has 0 amide bonds. The van der Waals surface area contributed by atoms with E-state index < -0.39 is 0 Å². The second kappa shape index (κ2) is 8.11. The summed E-state index contributed by atoms with van der Waals surface area (Å²) in [6.07, 6.45) is 0.913. The molecule has 0 saturated heterocycles. The first-order valence-corrected chi connectivity index (χ1v) is 10.3. The predicted molar refractivity (Wildman–Crippen MR) is 110 cm³/mol. The Morgan fingerprint density at radius 1 is 1.19 bits per heavy atom. The Morgan fingerprint density at radius 2 is 1.92 bits per heavy atom. The molecule has 1 aromatic carbocycles. The molecule has 0 aliphatic heterocycles. The third kappa shape index (κ3) is 3.20. The maximum absolute atomic E-state index is 9.75. The smallest absolute Gasteiger partial charge is 0.157 e. The van der Waals surface area contributed by atoms with Crippen LogP contribution < -0.4 is 0 Å². The number of nitrogens with zero attached hydrogens (tertiary/aromatic N) is 4. The summed E-state index contributed by atoms with van der Waals surface area (Å²) in [5, 5.41) is 11.0. The van der Waals surface area contributed by atoms with Crippen LogP contribution >= 0.6 is 11.8 Å². The van der Waals surface area contributed by atoms with Crippen molar-refractivity contribution in [3.8, 4) is 6.07 Å². The first-order valence-electron chi connectivity index (χ1n) is 9.34. The van der Waals surface area contributed by atoms with Crippen LogP contribution in [0.25, 0.3) is 16.7 Å². The van der Waals surface area contributed by atoms with Gasteiger partial charge < -0.3 is 4.90 Å². The Hall–Kier alpha value is -2.03. The number of hydrogen-bond donors (Lipinski definition) is 0. The third-order valence-electron chi connectivity index (χ3n) is 5.08. The summed E-state index contributed by atoms with van der Waals surface area (Å²) in [6, 6.07) is 10.6. The van der Waals surface area contributed by atoms with Crippen LogP contribution in [0, 0.1) is 18.3 Å². The number of nitriles is 1. The van der Waals surface area contributed by atoms with Gasteiger partial charge in [0, 0.05) is 12.3 Å². The van der Waals surface area contributed by atoms with Crippen molar-refractivity contribution in [1.29, 1.82) is 5.26 Å². The number of pyridine rings is 1.